The van der Waals surface area contributed by atoms with Crippen molar-refractivity contribution in [2.45, 2.75) is 26.7 Å². The zero-order chi connectivity index (χ0) is 13.2. The largest absolute Gasteiger partial charge is 0.481 e. The number of aliphatic carboxylic acids is 1. The van der Waals surface area contributed by atoms with E-state index in [1.165, 1.54) is 12.1 Å². The summed E-state index contributed by atoms with van der Waals surface area (Å²) < 4.78 is 27.4. The maximum Gasteiger partial charge on any atom is 0.303 e. The molecule has 0 heterocycles. The molecule has 0 spiro atoms. The van der Waals surface area contributed by atoms with Crippen LogP contribution in [0.25, 0.3) is 0 Å². The number of hydrogen-bond donors (Lipinski definition) is 1. The Morgan fingerprint density at radius 1 is 1.41 bits per heavy atom. The van der Waals surface area contributed by atoms with Crippen molar-refractivity contribution in [3.8, 4) is 0 Å². The van der Waals surface area contributed by atoms with Gasteiger partial charge in [0.2, 0.25) is 0 Å². The van der Waals surface area contributed by atoms with Crippen LogP contribution in [-0.4, -0.2) is 11.1 Å². The summed E-state index contributed by atoms with van der Waals surface area (Å²) in [6, 6.07) is 2.46. The third-order valence-electron chi connectivity index (χ3n) is 2.42. The van der Waals surface area contributed by atoms with E-state index in [4.69, 9.17) is 5.11 Å². The van der Waals surface area contributed by atoms with Gasteiger partial charge in [0.15, 0.2) is 0 Å². The first-order valence-electron chi connectivity index (χ1n) is 5.07. The lowest BCUT2D eigenvalue weighted by Gasteiger charge is -2.23. The second-order valence-corrected chi connectivity index (χ2v) is 5.59. The third kappa shape index (κ3) is 3.77. The van der Waals surface area contributed by atoms with E-state index in [9.17, 15) is 13.6 Å². The van der Waals surface area contributed by atoms with Gasteiger partial charge in [0, 0.05) is 5.56 Å². The average molecular weight is 307 g/mol. The van der Waals surface area contributed by atoms with Gasteiger partial charge < -0.3 is 5.11 Å². The maximum atomic E-state index is 13.7. The van der Waals surface area contributed by atoms with Crippen molar-refractivity contribution in [3.05, 3.63) is 33.8 Å². The van der Waals surface area contributed by atoms with Gasteiger partial charge in [-0.2, -0.15) is 0 Å². The van der Waals surface area contributed by atoms with E-state index < -0.39 is 23.0 Å². The molecule has 0 atom stereocenters. The molecule has 1 aromatic rings. The maximum absolute atomic E-state index is 13.7. The molecule has 0 bridgehead atoms. The predicted octanol–water partition coefficient (Wildman–Crippen LogP) is 3.77. The molecule has 0 saturated heterocycles. The van der Waals surface area contributed by atoms with Crippen LogP contribution in [0.15, 0.2) is 16.6 Å². The zero-order valence-electron chi connectivity index (χ0n) is 9.56. The molecule has 0 saturated carbocycles. The van der Waals surface area contributed by atoms with E-state index in [0.717, 1.165) is 0 Å². The SMILES string of the molecule is CC(C)(CC(=O)O)Cc1c(F)ccc(Br)c1F. The smallest absolute Gasteiger partial charge is 0.303 e. The number of rotatable bonds is 4. The zero-order valence-corrected chi connectivity index (χ0v) is 11.1. The van der Waals surface area contributed by atoms with Gasteiger partial charge in [0.05, 0.1) is 10.9 Å². The third-order valence-corrected chi connectivity index (χ3v) is 3.04. The second-order valence-electron chi connectivity index (χ2n) is 4.73. The molecule has 0 unspecified atom stereocenters. The van der Waals surface area contributed by atoms with Gasteiger partial charge in [-0.1, -0.05) is 13.8 Å². The molecule has 0 amide bonds. The summed E-state index contributed by atoms with van der Waals surface area (Å²) in [5, 5.41) is 8.72. The molecule has 1 aromatic carbocycles. The van der Waals surface area contributed by atoms with Crippen molar-refractivity contribution in [1.29, 1.82) is 0 Å². The van der Waals surface area contributed by atoms with E-state index in [1.54, 1.807) is 13.8 Å². The summed E-state index contributed by atoms with van der Waals surface area (Å²) in [5.41, 5.74) is -0.778. The van der Waals surface area contributed by atoms with Crippen LogP contribution in [0.4, 0.5) is 8.78 Å². The Hall–Kier alpha value is -0.970. The Bertz CT molecular complexity index is 444. The Morgan fingerprint density at radius 2 is 2.00 bits per heavy atom. The van der Waals surface area contributed by atoms with Crippen molar-refractivity contribution in [2.24, 2.45) is 5.41 Å². The molecule has 0 radical (unpaired) electrons. The van der Waals surface area contributed by atoms with E-state index in [2.05, 4.69) is 15.9 Å². The van der Waals surface area contributed by atoms with Crippen LogP contribution >= 0.6 is 15.9 Å². The number of carbonyl (C=O) groups is 1. The highest BCUT2D eigenvalue weighted by Gasteiger charge is 2.26. The summed E-state index contributed by atoms with van der Waals surface area (Å²) in [7, 11) is 0. The molecule has 0 aromatic heterocycles. The van der Waals surface area contributed by atoms with Crippen LogP contribution < -0.4 is 0 Å². The Kier molecular flexibility index (Phi) is 4.25. The van der Waals surface area contributed by atoms with Crippen LogP contribution in [-0.2, 0) is 11.2 Å². The fraction of sp³-hybridized carbons (Fsp3) is 0.417. The number of halogens is 3. The number of benzene rings is 1. The fourth-order valence-corrected chi connectivity index (χ4v) is 2.05. The van der Waals surface area contributed by atoms with Crippen molar-refractivity contribution >= 4 is 21.9 Å². The molecule has 5 heteroatoms. The normalized spacial score (nSPS) is 11.6. The highest BCUT2D eigenvalue weighted by molar-refractivity contribution is 9.10. The van der Waals surface area contributed by atoms with Crippen LogP contribution in [0.1, 0.15) is 25.8 Å². The molecule has 2 nitrogen and oxygen atoms in total. The quantitative estimate of drug-likeness (QED) is 0.860. The second kappa shape index (κ2) is 5.12. The van der Waals surface area contributed by atoms with Crippen molar-refractivity contribution in [1.82, 2.24) is 0 Å². The topological polar surface area (TPSA) is 37.3 Å². The molecule has 0 fully saturated rings. The summed E-state index contributed by atoms with van der Waals surface area (Å²) in [6.45, 7) is 3.34. The molecular formula is C12H13BrF2O2. The van der Waals surface area contributed by atoms with Crippen molar-refractivity contribution in [2.75, 3.05) is 0 Å². The highest BCUT2D eigenvalue weighted by atomic mass is 79.9. The molecule has 0 aliphatic rings. The first-order valence-corrected chi connectivity index (χ1v) is 5.86. The van der Waals surface area contributed by atoms with E-state index >= 15 is 0 Å². The van der Waals surface area contributed by atoms with Crippen LogP contribution in [0.3, 0.4) is 0 Å². The van der Waals surface area contributed by atoms with Gasteiger partial charge in [-0.15, -0.1) is 0 Å². The molecule has 1 N–H and O–H groups in total. The van der Waals surface area contributed by atoms with Gasteiger partial charge in [-0.3, -0.25) is 4.79 Å². The number of carboxylic acid groups (broad SMARTS) is 1. The van der Waals surface area contributed by atoms with Crippen LogP contribution in [0, 0.1) is 17.0 Å². The fourth-order valence-electron chi connectivity index (χ4n) is 1.68. The summed E-state index contributed by atoms with van der Waals surface area (Å²) >= 11 is 2.98. The highest BCUT2D eigenvalue weighted by Crippen LogP contribution is 2.30. The Morgan fingerprint density at radius 3 is 2.53 bits per heavy atom. The number of hydrogen-bond acceptors (Lipinski definition) is 1. The van der Waals surface area contributed by atoms with Gasteiger partial charge in [0.25, 0.3) is 0 Å². The van der Waals surface area contributed by atoms with E-state index in [0.29, 0.717) is 0 Å². The standard InChI is InChI=1S/C12H13BrF2O2/c1-12(2,6-10(16)17)5-7-9(14)4-3-8(13)11(7)15/h3-4H,5-6H2,1-2H3,(H,16,17). The summed E-state index contributed by atoms with van der Waals surface area (Å²) in [6.07, 6.45) is -0.102. The van der Waals surface area contributed by atoms with Crippen LogP contribution in [0.2, 0.25) is 0 Å². The average Bonchev–Trinajstić information content (AvgIpc) is 2.17. The molecule has 17 heavy (non-hydrogen) atoms. The molecule has 0 aliphatic carbocycles. The summed E-state index contributed by atoms with van der Waals surface area (Å²) in [5.74, 6) is -2.29. The Balaban J connectivity index is 3.02. The minimum absolute atomic E-state index is 0.0381. The van der Waals surface area contributed by atoms with Gasteiger partial charge in [-0.05, 0) is 39.9 Å². The lowest BCUT2D eigenvalue weighted by Crippen LogP contribution is -2.21. The minimum Gasteiger partial charge on any atom is -0.481 e. The lowest BCUT2D eigenvalue weighted by atomic mass is 9.82. The molecule has 0 aliphatic heterocycles. The Labute approximate surface area is 107 Å². The number of carboxylic acids is 1. The molecular weight excluding hydrogens is 294 g/mol. The first kappa shape index (κ1) is 14.1. The van der Waals surface area contributed by atoms with Gasteiger partial charge >= 0.3 is 5.97 Å². The predicted molar refractivity (Wildman–Crippen MR) is 63.8 cm³/mol. The van der Waals surface area contributed by atoms with E-state index in [1.807, 2.05) is 0 Å². The van der Waals surface area contributed by atoms with Crippen LogP contribution in [0.5, 0.6) is 0 Å². The van der Waals surface area contributed by atoms with Gasteiger partial charge in [-0.25, -0.2) is 8.78 Å². The molecule has 1 rings (SSSR count). The van der Waals surface area contributed by atoms with Crippen molar-refractivity contribution in [3.63, 3.8) is 0 Å². The van der Waals surface area contributed by atoms with E-state index in [-0.39, 0.29) is 22.9 Å². The van der Waals surface area contributed by atoms with Gasteiger partial charge in [0.1, 0.15) is 11.6 Å². The molecule has 94 valence electrons. The minimum atomic E-state index is -0.981. The first-order chi connectivity index (χ1) is 7.73. The lowest BCUT2D eigenvalue weighted by molar-refractivity contribution is -0.139. The van der Waals surface area contributed by atoms with Crippen molar-refractivity contribution < 1.29 is 18.7 Å². The monoisotopic (exact) mass is 306 g/mol. The summed E-state index contributed by atoms with van der Waals surface area (Å²) in [4.78, 5) is 10.6.